The Labute approximate surface area is 306 Å². The number of phenolic OH excluding ortho intramolecular Hbond substituents is 1. The first-order valence-electron chi connectivity index (χ1n) is 15.4. The molecule has 0 heterocycles. The molecule has 0 aromatic heterocycles. The summed E-state index contributed by atoms with van der Waals surface area (Å²) in [6.45, 7) is 3.43. The number of rotatable bonds is 10. The van der Waals surface area contributed by atoms with Crippen LogP contribution in [0, 0.1) is 13.8 Å². The Balaban J connectivity index is 1.27. The predicted octanol–water partition coefficient (Wildman–Crippen LogP) is 8.32. The molecule has 0 aliphatic carbocycles. The summed E-state index contributed by atoms with van der Waals surface area (Å²) >= 11 is -2.08. The lowest BCUT2D eigenvalue weighted by Crippen LogP contribution is -2.24. The highest BCUT2D eigenvalue weighted by Crippen LogP contribution is 2.47. The quantitative estimate of drug-likeness (QED) is 0.0590. The van der Waals surface area contributed by atoms with Crippen LogP contribution >= 0.6 is 0 Å². The largest absolute Gasteiger partial charge is 0.505 e. The van der Waals surface area contributed by atoms with Crippen LogP contribution in [-0.4, -0.2) is 42.3 Å². The zero-order chi connectivity index (χ0) is 38.2. The molecule has 0 amide bonds. The minimum absolute atomic E-state index is 0.0198. The smallest absolute Gasteiger partial charge is 0.318 e. The van der Waals surface area contributed by atoms with Gasteiger partial charge in [-0.2, -0.15) is 31.3 Å². The Morgan fingerprint density at radius 1 is 0.736 bits per heavy atom. The number of benzene rings is 6. The van der Waals surface area contributed by atoms with E-state index in [0.717, 1.165) is 11.6 Å². The van der Waals surface area contributed by atoms with E-state index in [0.29, 0.717) is 33.4 Å². The molecule has 5 N–H and O–H groups in total. The lowest BCUT2D eigenvalue weighted by Gasteiger charge is -2.19. The van der Waals surface area contributed by atoms with Gasteiger partial charge in [0, 0.05) is 12.4 Å². The highest BCUT2D eigenvalue weighted by atomic mass is 32.2. The van der Waals surface area contributed by atoms with Gasteiger partial charge in [0.05, 0.1) is 33.0 Å². The highest BCUT2D eigenvalue weighted by Gasteiger charge is 2.25. The maximum atomic E-state index is 13.2. The fourth-order valence-corrected chi connectivity index (χ4v) is 7.33. The lowest BCUT2D eigenvalue weighted by atomic mass is 10.0. The van der Waals surface area contributed by atoms with E-state index in [-0.39, 0.29) is 32.8 Å². The molecule has 1 atom stereocenters. The number of fused-ring (bicyclic) bond motifs is 2. The molecule has 6 rings (SSSR count). The monoisotopic (exact) mass is 774 g/mol. The normalized spacial score (nSPS) is 12.9. The molecule has 18 heteroatoms. The maximum Gasteiger partial charge on any atom is 0.318 e. The van der Waals surface area contributed by atoms with Crippen molar-refractivity contribution in [3.05, 3.63) is 108 Å². The minimum Gasteiger partial charge on any atom is -0.505 e. The third-order valence-corrected chi connectivity index (χ3v) is 10.8. The van der Waals surface area contributed by atoms with Gasteiger partial charge in [-0.05, 0) is 96.4 Å². The van der Waals surface area contributed by atoms with Gasteiger partial charge < -0.3 is 15.0 Å². The molecule has 272 valence electrons. The molecule has 6 aromatic rings. The Morgan fingerprint density at radius 2 is 1.43 bits per heavy atom. The molecule has 0 aliphatic heterocycles. The molecule has 0 aliphatic rings. The lowest BCUT2D eigenvalue weighted by molar-refractivity contribution is 0.472. The van der Waals surface area contributed by atoms with Gasteiger partial charge in [0.25, 0.3) is 20.2 Å². The standard InChI is InChI=1S/C35H30N6O9S3/c1-20-7-4-5-9-28(20)38-40-34-30(53(47,48)49)18-23-17-21(2)33(32(36)31(23)35(34)42)39-37-24-12-14-25(15-13-24)50-51(43)41(3)29-10-6-8-22-11-16-26(19-27(22)29)52(44,45)46/h4-19,42H,36H2,1-3H3,(H,44,45,46)(H,47,48,49). The van der Waals surface area contributed by atoms with Crippen LogP contribution in [0.5, 0.6) is 11.5 Å². The fourth-order valence-electron chi connectivity index (χ4n) is 5.45. The van der Waals surface area contributed by atoms with Crippen LogP contribution in [0.3, 0.4) is 0 Å². The Morgan fingerprint density at radius 3 is 2.11 bits per heavy atom. The van der Waals surface area contributed by atoms with Crippen LogP contribution in [0.4, 0.5) is 34.1 Å². The molecule has 0 fully saturated rings. The number of anilines is 2. The highest BCUT2D eigenvalue weighted by molar-refractivity contribution is 7.86. The number of nitrogens with zero attached hydrogens (tertiary/aromatic N) is 5. The van der Waals surface area contributed by atoms with Gasteiger partial charge in [-0.3, -0.25) is 13.4 Å². The van der Waals surface area contributed by atoms with E-state index in [2.05, 4.69) is 20.5 Å². The van der Waals surface area contributed by atoms with Crippen LogP contribution in [0.2, 0.25) is 0 Å². The number of hydrogen-bond donors (Lipinski definition) is 4. The van der Waals surface area contributed by atoms with E-state index < -0.39 is 47.8 Å². The molecule has 1 unspecified atom stereocenters. The van der Waals surface area contributed by atoms with E-state index >= 15 is 0 Å². The van der Waals surface area contributed by atoms with Crippen molar-refractivity contribution in [2.24, 2.45) is 20.5 Å². The van der Waals surface area contributed by atoms with Crippen LogP contribution < -0.4 is 14.2 Å². The third kappa shape index (κ3) is 7.71. The molecule has 0 spiro atoms. The molecule has 15 nitrogen and oxygen atoms in total. The van der Waals surface area contributed by atoms with E-state index in [1.165, 1.54) is 47.8 Å². The molecular weight excluding hydrogens is 745 g/mol. The average molecular weight is 775 g/mol. The number of hydrogen-bond acceptors (Lipinski definition) is 12. The van der Waals surface area contributed by atoms with E-state index in [4.69, 9.17) is 9.92 Å². The van der Waals surface area contributed by atoms with E-state index in [1.54, 1.807) is 68.4 Å². The average Bonchev–Trinajstić information content (AvgIpc) is 3.10. The number of aromatic hydroxyl groups is 1. The first kappa shape index (κ1) is 37.0. The zero-order valence-electron chi connectivity index (χ0n) is 28.1. The molecular formula is C35H30N6O9S3. The number of aryl methyl sites for hydroxylation is 2. The van der Waals surface area contributed by atoms with Gasteiger partial charge in [0.15, 0.2) is 5.75 Å². The molecule has 0 bridgehead atoms. The number of nitrogens with two attached hydrogens (primary N) is 1. The second-order valence-electron chi connectivity index (χ2n) is 11.7. The van der Waals surface area contributed by atoms with E-state index in [1.807, 2.05) is 0 Å². The van der Waals surface area contributed by atoms with Gasteiger partial charge in [0.2, 0.25) is 0 Å². The van der Waals surface area contributed by atoms with Crippen molar-refractivity contribution in [2.45, 2.75) is 23.6 Å². The van der Waals surface area contributed by atoms with E-state index in [9.17, 15) is 35.3 Å². The Bertz CT molecular complexity index is 2740. The van der Waals surface area contributed by atoms with Gasteiger partial charge >= 0.3 is 11.3 Å². The second-order valence-corrected chi connectivity index (χ2v) is 15.7. The third-order valence-electron chi connectivity index (χ3n) is 8.15. The van der Waals surface area contributed by atoms with Crippen LogP contribution in [0.15, 0.2) is 127 Å². The molecule has 53 heavy (non-hydrogen) atoms. The summed E-state index contributed by atoms with van der Waals surface area (Å²) in [6, 6.07) is 24.8. The Hall–Kier alpha value is -5.79. The van der Waals surface area contributed by atoms with Crippen molar-refractivity contribution in [1.82, 2.24) is 0 Å². The maximum absolute atomic E-state index is 13.2. The summed E-state index contributed by atoms with van der Waals surface area (Å²) in [5.41, 5.74) is 8.46. The SMILES string of the molecule is Cc1ccccc1N=Nc1c(S(=O)(=O)O)cc2cc(C)c(N=Nc3ccc(OS(=O)N(C)c4cccc5ccc(S(=O)(=O)O)cc45)cc3)c(N)c2c1O. The van der Waals surface area contributed by atoms with Crippen molar-refractivity contribution in [3.63, 3.8) is 0 Å². The molecule has 0 radical (unpaired) electrons. The Kier molecular flexibility index (Phi) is 9.99. The van der Waals surface area contributed by atoms with Crippen molar-refractivity contribution >= 4 is 87.2 Å². The zero-order valence-corrected chi connectivity index (χ0v) is 30.5. The second kappa shape index (κ2) is 14.3. The van der Waals surface area contributed by atoms with Gasteiger partial charge in [-0.1, -0.05) is 36.4 Å². The molecule has 6 aromatic carbocycles. The molecule has 0 saturated heterocycles. The van der Waals surface area contributed by atoms with Crippen LogP contribution in [-0.2, 0) is 31.5 Å². The summed E-state index contributed by atoms with van der Waals surface area (Å²) in [6.07, 6.45) is 0. The first-order chi connectivity index (χ1) is 25.0. The van der Waals surface area contributed by atoms with Crippen molar-refractivity contribution in [2.75, 3.05) is 17.1 Å². The number of azo groups is 2. The summed E-state index contributed by atoms with van der Waals surface area (Å²) in [4.78, 5) is -0.970. The summed E-state index contributed by atoms with van der Waals surface area (Å²) < 4.78 is 87.6. The fraction of sp³-hybridized carbons (Fsp3) is 0.0857. The van der Waals surface area contributed by atoms with Gasteiger partial charge in [-0.25, -0.2) is 0 Å². The topological polar surface area (TPSA) is 234 Å². The number of nitrogen functional groups attached to an aromatic ring is 1. The summed E-state index contributed by atoms with van der Waals surface area (Å²) in [5, 5.41) is 29.2. The minimum atomic E-state index is -4.85. The predicted molar refractivity (Wildman–Crippen MR) is 201 cm³/mol. The summed E-state index contributed by atoms with van der Waals surface area (Å²) in [5.74, 6) is -0.426. The van der Waals surface area contributed by atoms with Gasteiger partial charge in [-0.15, -0.1) is 10.2 Å². The van der Waals surface area contributed by atoms with Crippen molar-refractivity contribution in [1.29, 1.82) is 0 Å². The number of phenols is 1. The summed E-state index contributed by atoms with van der Waals surface area (Å²) in [7, 11) is -7.81. The molecule has 0 saturated carbocycles. The van der Waals surface area contributed by atoms with Crippen LogP contribution in [0.1, 0.15) is 11.1 Å². The van der Waals surface area contributed by atoms with Crippen molar-refractivity contribution in [3.8, 4) is 11.5 Å². The van der Waals surface area contributed by atoms with Crippen molar-refractivity contribution < 1.29 is 39.4 Å². The van der Waals surface area contributed by atoms with Crippen LogP contribution in [0.25, 0.3) is 21.5 Å². The first-order valence-corrected chi connectivity index (χ1v) is 19.3. The van der Waals surface area contributed by atoms with Gasteiger partial charge in [0.1, 0.15) is 22.0 Å².